The summed E-state index contributed by atoms with van der Waals surface area (Å²) >= 11 is 12.0. The standard InChI is InChI=1S/C22H17Cl2N5O/c23-15-8-9-18(24)20(11-15)29-22(30)28-16-5-3-4-14(10-16)12-25-21-17-6-1-2-7-19(17)26-13-27-21/h1-11,13H,12H2,(H,25,26,27)(H2,28,29,30). The molecular weight excluding hydrogens is 421 g/mol. The SMILES string of the molecule is O=C(Nc1cccc(CNc2ncnc3ccccc23)c1)Nc1cc(Cl)ccc1Cl. The van der Waals surface area contributed by atoms with Gasteiger partial charge in [0.05, 0.1) is 16.2 Å². The second-order valence-corrected chi connectivity index (χ2v) is 7.34. The van der Waals surface area contributed by atoms with Gasteiger partial charge in [-0.3, -0.25) is 0 Å². The Balaban J connectivity index is 1.42. The minimum Gasteiger partial charge on any atom is -0.365 e. The molecule has 3 N–H and O–H groups in total. The second-order valence-electron chi connectivity index (χ2n) is 6.50. The Labute approximate surface area is 183 Å². The van der Waals surface area contributed by atoms with Crippen molar-refractivity contribution in [1.29, 1.82) is 0 Å². The molecular formula is C22H17Cl2N5O. The minimum atomic E-state index is -0.411. The first-order valence-electron chi connectivity index (χ1n) is 9.14. The number of nitrogens with one attached hydrogen (secondary N) is 3. The fourth-order valence-corrected chi connectivity index (χ4v) is 3.31. The monoisotopic (exact) mass is 437 g/mol. The molecule has 0 fully saturated rings. The lowest BCUT2D eigenvalue weighted by atomic mass is 10.2. The highest BCUT2D eigenvalue weighted by Gasteiger charge is 2.08. The van der Waals surface area contributed by atoms with E-state index in [1.807, 2.05) is 48.5 Å². The van der Waals surface area contributed by atoms with Gasteiger partial charge in [-0.2, -0.15) is 0 Å². The number of hydrogen-bond donors (Lipinski definition) is 3. The maximum atomic E-state index is 12.3. The Bertz CT molecular complexity index is 1210. The van der Waals surface area contributed by atoms with Crippen molar-refractivity contribution in [3.63, 3.8) is 0 Å². The van der Waals surface area contributed by atoms with Crippen molar-refractivity contribution in [3.8, 4) is 0 Å². The number of fused-ring (bicyclic) bond motifs is 1. The van der Waals surface area contributed by atoms with Crippen LogP contribution in [-0.2, 0) is 6.54 Å². The summed E-state index contributed by atoms with van der Waals surface area (Å²) in [5, 5.41) is 10.7. The van der Waals surface area contributed by atoms with Gasteiger partial charge in [-0.05, 0) is 48.0 Å². The first kappa shape index (κ1) is 19.9. The van der Waals surface area contributed by atoms with Crippen LogP contribution >= 0.6 is 23.2 Å². The van der Waals surface area contributed by atoms with Crippen LogP contribution in [-0.4, -0.2) is 16.0 Å². The molecule has 0 saturated carbocycles. The number of urea groups is 1. The van der Waals surface area contributed by atoms with Gasteiger partial charge in [0, 0.05) is 22.6 Å². The first-order chi connectivity index (χ1) is 14.6. The van der Waals surface area contributed by atoms with Crippen molar-refractivity contribution in [2.24, 2.45) is 0 Å². The predicted octanol–water partition coefficient (Wildman–Crippen LogP) is 6.19. The number of halogens is 2. The molecule has 0 bridgehead atoms. The van der Waals surface area contributed by atoms with E-state index in [4.69, 9.17) is 23.2 Å². The molecule has 4 rings (SSSR count). The van der Waals surface area contributed by atoms with Gasteiger partial charge in [-0.25, -0.2) is 14.8 Å². The van der Waals surface area contributed by atoms with Gasteiger partial charge in [0.1, 0.15) is 12.1 Å². The van der Waals surface area contributed by atoms with Crippen LogP contribution < -0.4 is 16.0 Å². The second kappa shape index (κ2) is 8.98. The number of aromatic nitrogens is 2. The summed E-state index contributed by atoms with van der Waals surface area (Å²) < 4.78 is 0. The summed E-state index contributed by atoms with van der Waals surface area (Å²) in [7, 11) is 0. The van der Waals surface area contributed by atoms with Crippen molar-refractivity contribution in [1.82, 2.24) is 9.97 Å². The maximum absolute atomic E-state index is 12.3. The molecule has 0 atom stereocenters. The molecule has 0 unspecified atom stereocenters. The summed E-state index contributed by atoms with van der Waals surface area (Å²) in [6.07, 6.45) is 1.54. The zero-order valence-corrected chi connectivity index (χ0v) is 17.2. The van der Waals surface area contributed by atoms with E-state index in [9.17, 15) is 4.79 Å². The lowest BCUT2D eigenvalue weighted by molar-refractivity contribution is 0.262. The van der Waals surface area contributed by atoms with E-state index in [1.165, 1.54) is 6.33 Å². The molecule has 8 heteroatoms. The number of hydrogen-bond acceptors (Lipinski definition) is 4. The van der Waals surface area contributed by atoms with Crippen LogP contribution in [0.4, 0.5) is 22.0 Å². The van der Waals surface area contributed by atoms with Gasteiger partial charge in [0.25, 0.3) is 0 Å². The third-order valence-electron chi connectivity index (χ3n) is 4.36. The first-order valence-corrected chi connectivity index (χ1v) is 9.90. The van der Waals surface area contributed by atoms with E-state index < -0.39 is 6.03 Å². The summed E-state index contributed by atoms with van der Waals surface area (Å²) in [6.45, 7) is 0.540. The molecule has 4 aromatic rings. The summed E-state index contributed by atoms with van der Waals surface area (Å²) in [5.41, 5.74) is 2.95. The van der Waals surface area contributed by atoms with Crippen molar-refractivity contribution >= 4 is 57.3 Å². The summed E-state index contributed by atoms with van der Waals surface area (Å²) in [6, 6.07) is 19.8. The zero-order chi connectivity index (χ0) is 20.9. The smallest absolute Gasteiger partial charge is 0.323 e. The molecule has 3 aromatic carbocycles. The van der Waals surface area contributed by atoms with Crippen LogP contribution in [0, 0.1) is 0 Å². The zero-order valence-electron chi connectivity index (χ0n) is 15.7. The number of nitrogens with zero attached hydrogens (tertiary/aromatic N) is 2. The molecule has 1 aromatic heterocycles. The number of amides is 2. The molecule has 0 aliphatic carbocycles. The van der Waals surface area contributed by atoms with Crippen LogP contribution in [0.5, 0.6) is 0 Å². The Hall–Kier alpha value is -3.35. The minimum absolute atomic E-state index is 0.407. The average molecular weight is 438 g/mol. The molecule has 1 heterocycles. The lowest BCUT2D eigenvalue weighted by Gasteiger charge is -2.11. The van der Waals surface area contributed by atoms with E-state index in [0.717, 1.165) is 22.3 Å². The number of benzene rings is 3. The highest BCUT2D eigenvalue weighted by atomic mass is 35.5. The predicted molar refractivity (Wildman–Crippen MR) is 122 cm³/mol. The Morgan fingerprint density at radius 1 is 0.900 bits per heavy atom. The summed E-state index contributed by atoms with van der Waals surface area (Å²) in [4.78, 5) is 20.9. The molecule has 30 heavy (non-hydrogen) atoms. The molecule has 0 saturated heterocycles. The Morgan fingerprint density at radius 3 is 2.67 bits per heavy atom. The molecule has 0 aliphatic heterocycles. The van der Waals surface area contributed by atoms with Gasteiger partial charge >= 0.3 is 6.03 Å². The van der Waals surface area contributed by atoms with Gasteiger partial charge in [0.15, 0.2) is 0 Å². The third kappa shape index (κ3) is 4.79. The number of carbonyl (C=O) groups is 1. The number of rotatable bonds is 5. The average Bonchev–Trinajstić information content (AvgIpc) is 2.75. The largest absolute Gasteiger partial charge is 0.365 e. The van der Waals surface area contributed by atoms with Crippen molar-refractivity contribution < 1.29 is 4.79 Å². The number of para-hydroxylation sites is 1. The van der Waals surface area contributed by atoms with E-state index in [1.54, 1.807) is 18.2 Å². The van der Waals surface area contributed by atoms with E-state index >= 15 is 0 Å². The van der Waals surface area contributed by atoms with Gasteiger partial charge in [-0.15, -0.1) is 0 Å². The van der Waals surface area contributed by atoms with Crippen LogP contribution in [0.25, 0.3) is 10.9 Å². The molecule has 2 amide bonds. The van der Waals surface area contributed by atoms with Crippen molar-refractivity contribution in [3.05, 3.63) is 88.7 Å². The van der Waals surface area contributed by atoms with Crippen molar-refractivity contribution in [2.45, 2.75) is 6.54 Å². The van der Waals surface area contributed by atoms with Gasteiger partial charge in [-0.1, -0.05) is 47.5 Å². The topological polar surface area (TPSA) is 78.9 Å². The fraction of sp³-hybridized carbons (Fsp3) is 0.0455. The normalized spacial score (nSPS) is 10.6. The Kier molecular flexibility index (Phi) is 5.97. The van der Waals surface area contributed by atoms with Crippen LogP contribution in [0.3, 0.4) is 0 Å². The molecule has 0 aliphatic rings. The van der Waals surface area contributed by atoms with Gasteiger partial charge in [0.2, 0.25) is 0 Å². The number of anilines is 3. The van der Waals surface area contributed by atoms with Crippen molar-refractivity contribution in [2.75, 3.05) is 16.0 Å². The quantitative estimate of drug-likeness (QED) is 0.347. The molecule has 150 valence electrons. The maximum Gasteiger partial charge on any atom is 0.323 e. The van der Waals surface area contributed by atoms with E-state index in [2.05, 4.69) is 25.9 Å². The van der Waals surface area contributed by atoms with Crippen LogP contribution in [0.2, 0.25) is 10.0 Å². The highest BCUT2D eigenvalue weighted by Crippen LogP contribution is 2.25. The Morgan fingerprint density at radius 2 is 1.77 bits per heavy atom. The van der Waals surface area contributed by atoms with Crippen LogP contribution in [0.15, 0.2) is 73.1 Å². The highest BCUT2D eigenvalue weighted by molar-refractivity contribution is 6.35. The fourth-order valence-electron chi connectivity index (χ4n) is 2.97. The van der Waals surface area contributed by atoms with Crippen LogP contribution in [0.1, 0.15) is 5.56 Å². The molecule has 0 radical (unpaired) electrons. The van der Waals surface area contributed by atoms with E-state index in [-0.39, 0.29) is 0 Å². The summed E-state index contributed by atoms with van der Waals surface area (Å²) in [5.74, 6) is 0.757. The lowest BCUT2D eigenvalue weighted by Crippen LogP contribution is -2.19. The van der Waals surface area contributed by atoms with Gasteiger partial charge < -0.3 is 16.0 Å². The third-order valence-corrected chi connectivity index (χ3v) is 4.93. The molecule has 6 nitrogen and oxygen atoms in total. The molecule has 0 spiro atoms. The number of carbonyl (C=O) groups excluding carboxylic acids is 1. The van der Waals surface area contributed by atoms with E-state index in [0.29, 0.717) is 28.0 Å².